The van der Waals surface area contributed by atoms with Crippen LogP contribution in [0.2, 0.25) is 0 Å². The number of nitrogens with zero attached hydrogens (tertiary/aromatic N) is 1. The van der Waals surface area contributed by atoms with Gasteiger partial charge in [0.15, 0.2) is 6.10 Å². The van der Waals surface area contributed by atoms with Gasteiger partial charge in [0, 0.05) is 6.54 Å². The average molecular weight is 425 g/mol. The van der Waals surface area contributed by atoms with Crippen LogP contribution in [0.1, 0.15) is 40.5 Å². The Kier molecular flexibility index (Phi) is 8.73. The Balaban J connectivity index is 2.97. The van der Waals surface area contributed by atoms with E-state index in [9.17, 15) is 32.7 Å². The third-order valence-corrected chi connectivity index (χ3v) is 4.93. The SMILES string of the molecule is COC(=O)NC(C(=O)N1CCC[C@H]1C(=O)N[C@@H](C(C)C)[C@H](O)C(F)(F)F)C(C)C. The Morgan fingerprint density at radius 3 is 2.14 bits per heavy atom. The zero-order valence-corrected chi connectivity index (χ0v) is 17.2. The van der Waals surface area contributed by atoms with Crippen LogP contribution in [0.3, 0.4) is 0 Å². The van der Waals surface area contributed by atoms with E-state index in [1.807, 2.05) is 0 Å². The van der Waals surface area contributed by atoms with Gasteiger partial charge in [-0.15, -0.1) is 0 Å². The number of rotatable bonds is 7. The molecule has 8 nitrogen and oxygen atoms in total. The Morgan fingerprint density at radius 1 is 1.10 bits per heavy atom. The molecule has 4 atom stereocenters. The van der Waals surface area contributed by atoms with Crippen molar-refractivity contribution in [1.82, 2.24) is 15.5 Å². The number of hydrogen-bond acceptors (Lipinski definition) is 5. The van der Waals surface area contributed by atoms with Crippen LogP contribution >= 0.6 is 0 Å². The lowest BCUT2D eigenvalue weighted by atomic mass is 9.97. The molecule has 1 unspecified atom stereocenters. The maximum Gasteiger partial charge on any atom is 0.416 e. The summed E-state index contributed by atoms with van der Waals surface area (Å²) >= 11 is 0. The number of ether oxygens (including phenoxy) is 1. The largest absolute Gasteiger partial charge is 0.453 e. The molecule has 1 saturated heterocycles. The van der Waals surface area contributed by atoms with Crippen LogP contribution in [0.25, 0.3) is 0 Å². The van der Waals surface area contributed by atoms with Gasteiger partial charge >= 0.3 is 12.3 Å². The summed E-state index contributed by atoms with van der Waals surface area (Å²) in [6.45, 7) is 6.55. The summed E-state index contributed by atoms with van der Waals surface area (Å²) in [5, 5.41) is 14.3. The first-order valence-electron chi connectivity index (χ1n) is 9.51. The molecule has 0 aromatic carbocycles. The molecule has 0 aromatic rings. The van der Waals surface area contributed by atoms with E-state index < -0.39 is 54.2 Å². The summed E-state index contributed by atoms with van der Waals surface area (Å²) in [6.07, 6.45) is -7.65. The highest BCUT2D eigenvalue weighted by Crippen LogP contribution is 2.26. The second-order valence-corrected chi connectivity index (χ2v) is 7.81. The maximum atomic E-state index is 12.9. The fourth-order valence-electron chi connectivity index (χ4n) is 3.26. The molecule has 1 aliphatic heterocycles. The molecular weight excluding hydrogens is 395 g/mol. The van der Waals surface area contributed by atoms with Gasteiger partial charge in [0.1, 0.15) is 12.1 Å². The Labute approximate surface area is 168 Å². The normalized spacial score (nSPS) is 20.4. The number of alkyl halides is 3. The van der Waals surface area contributed by atoms with E-state index in [1.54, 1.807) is 13.8 Å². The van der Waals surface area contributed by atoms with Gasteiger partial charge in [-0.1, -0.05) is 27.7 Å². The Bertz CT molecular complexity index is 598. The first-order chi connectivity index (χ1) is 13.3. The van der Waals surface area contributed by atoms with E-state index in [4.69, 9.17) is 0 Å². The molecule has 0 saturated carbocycles. The molecule has 0 spiro atoms. The summed E-state index contributed by atoms with van der Waals surface area (Å²) in [4.78, 5) is 38.4. The molecular formula is C18H30F3N3O5. The molecule has 0 aliphatic carbocycles. The zero-order chi connectivity index (χ0) is 22.5. The Hall–Kier alpha value is -2.04. The van der Waals surface area contributed by atoms with Crippen molar-refractivity contribution in [2.45, 2.75) is 70.9 Å². The van der Waals surface area contributed by atoms with Crippen molar-refractivity contribution in [2.75, 3.05) is 13.7 Å². The minimum absolute atomic E-state index is 0.233. The van der Waals surface area contributed by atoms with Crippen molar-refractivity contribution < 1.29 is 37.4 Å². The van der Waals surface area contributed by atoms with Crippen LogP contribution < -0.4 is 10.6 Å². The van der Waals surface area contributed by atoms with Crippen LogP contribution in [0.15, 0.2) is 0 Å². The molecule has 1 aliphatic rings. The number of likely N-dealkylation sites (tertiary alicyclic amines) is 1. The van der Waals surface area contributed by atoms with Gasteiger partial charge in [-0.05, 0) is 24.7 Å². The number of carbonyl (C=O) groups excluding carboxylic acids is 3. The van der Waals surface area contributed by atoms with E-state index in [0.29, 0.717) is 6.42 Å². The number of carbonyl (C=O) groups is 3. The minimum Gasteiger partial charge on any atom is -0.453 e. The maximum absolute atomic E-state index is 12.9. The zero-order valence-electron chi connectivity index (χ0n) is 17.2. The van der Waals surface area contributed by atoms with E-state index in [2.05, 4.69) is 15.4 Å². The van der Waals surface area contributed by atoms with Crippen LogP contribution in [-0.2, 0) is 14.3 Å². The van der Waals surface area contributed by atoms with Gasteiger partial charge < -0.3 is 25.4 Å². The predicted molar refractivity (Wildman–Crippen MR) is 97.7 cm³/mol. The van der Waals surface area contributed by atoms with Crippen molar-refractivity contribution >= 4 is 17.9 Å². The fourth-order valence-corrected chi connectivity index (χ4v) is 3.26. The molecule has 168 valence electrons. The number of alkyl carbamates (subject to hydrolysis) is 1. The molecule has 3 amide bonds. The highest BCUT2D eigenvalue weighted by Gasteiger charge is 2.46. The molecule has 1 heterocycles. The van der Waals surface area contributed by atoms with Crippen molar-refractivity contribution in [1.29, 1.82) is 0 Å². The third kappa shape index (κ3) is 6.48. The molecule has 3 N–H and O–H groups in total. The summed E-state index contributed by atoms with van der Waals surface area (Å²) < 4.78 is 43.3. The van der Waals surface area contributed by atoms with Crippen molar-refractivity contribution in [3.05, 3.63) is 0 Å². The quantitative estimate of drug-likeness (QED) is 0.572. The van der Waals surface area contributed by atoms with Crippen molar-refractivity contribution in [3.8, 4) is 0 Å². The minimum atomic E-state index is -4.89. The predicted octanol–water partition coefficient (Wildman–Crippen LogP) is 1.42. The summed E-state index contributed by atoms with van der Waals surface area (Å²) in [5.41, 5.74) is 0. The lowest BCUT2D eigenvalue weighted by Crippen LogP contribution is -2.59. The van der Waals surface area contributed by atoms with Crippen LogP contribution in [-0.4, -0.2) is 72.0 Å². The lowest BCUT2D eigenvalue weighted by molar-refractivity contribution is -0.215. The van der Waals surface area contributed by atoms with E-state index in [1.165, 1.54) is 18.7 Å². The second kappa shape index (κ2) is 10.1. The topological polar surface area (TPSA) is 108 Å². The van der Waals surface area contributed by atoms with Crippen molar-refractivity contribution in [3.63, 3.8) is 0 Å². The molecule has 1 rings (SSSR count). The van der Waals surface area contributed by atoms with Gasteiger partial charge in [-0.3, -0.25) is 9.59 Å². The smallest absolute Gasteiger partial charge is 0.416 e. The van der Waals surface area contributed by atoms with E-state index in [-0.39, 0.29) is 18.9 Å². The highest BCUT2D eigenvalue weighted by atomic mass is 19.4. The van der Waals surface area contributed by atoms with Crippen LogP contribution in [0, 0.1) is 11.8 Å². The Morgan fingerprint density at radius 2 is 1.69 bits per heavy atom. The molecule has 0 bridgehead atoms. The third-order valence-electron chi connectivity index (χ3n) is 4.93. The fraction of sp³-hybridized carbons (Fsp3) is 0.833. The van der Waals surface area contributed by atoms with Gasteiger partial charge in [0.2, 0.25) is 11.8 Å². The number of methoxy groups -OCH3 is 1. The lowest BCUT2D eigenvalue weighted by Gasteiger charge is -2.33. The summed E-state index contributed by atoms with van der Waals surface area (Å²) in [6, 6.07) is -3.48. The molecule has 0 aromatic heterocycles. The number of hydrogen-bond donors (Lipinski definition) is 3. The standard InChI is InChI=1S/C18H30F3N3O5/c1-9(2)12(14(25)18(19,20)21)22-15(26)11-7-6-8-24(11)16(27)13(10(3)4)23-17(28)29-5/h9-14,25H,6-8H2,1-5H3,(H,22,26)(H,23,28)/t11-,12-,13?,14-/m0/s1. The molecule has 29 heavy (non-hydrogen) atoms. The van der Waals surface area contributed by atoms with Crippen LogP contribution in [0.4, 0.5) is 18.0 Å². The number of amides is 3. The summed E-state index contributed by atoms with van der Waals surface area (Å²) in [7, 11) is 1.15. The van der Waals surface area contributed by atoms with E-state index in [0.717, 1.165) is 7.11 Å². The highest BCUT2D eigenvalue weighted by molar-refractivity contribution is 5.92. The first-order valence-corrected chi connectivity index (χ1v) is 9.51. The number of halogens is 3. The van der Waals surface area contributed by atoms with Gasteiger partial charge in [-0.25, -0.2) is 4.79 Å². The number of nitrogens with one attached hydrogen (secondary N) is 2. The molecule has 1 fully saturated rings. The second-order valence-electron chi connectivity index (χ2n) is 7.81. The molecule has 0 radical (unpaired) electrons. The average Bonchev–Trinajstić information content (AvgIpc) is 3.11. The molecule has 11 heteroatoms. The van der Waals surface area contributed by atoms with Crippen molar-refractivity contribution in [2.24, 2.45) is 11.8 Å². The first kappa shape index (κ1) is 25.0. The number of aliphatic hydroxyl groups excluding tert-OH is 1. The van der Waals surface area contributed by atoms with Gasteiger partial charge in [0.05, 0.1) is 13.2 Å². The van der Waals surface area contributed by atoms with E-state index >= 15 is 0 Å². The monoisotopic (exact) mass is 425 g/mol. The summed E-state index contributed by atoms with van der Waals surface area (Å²) in [5.74, 6) is -2.27. The van der Waals surface area contributed by atoms with Crippen LogP contribution in [0.5, 0.6) is 0 Å². The number of aliphatic hydroxyl groups is 1. The van der Waals surface area contributed by atoms with Gasteiger partial charge in [-0.2, -0.15) is 13.2 Å². The van der Waals surface area contributed by atoms with Gasteiger partial charge in [0.25, 0.3) is 0 Å².